The Bertz CT molecular complexity index is 765. The van der Waals surface area contributed by atoms with Crippen LogP contribution in [-0.4, -0.2) is 28.7 Å². The number of hydrogen-bond acceptors (Lipinski definition) is 4. The average Bonchev–Trinajstić information content (AvgIpc) is 2.81. The SMILES string of the molecule is C[C@H](C(=O)Oc1ccc(F)cc1)N1C(=O)c2ccccc2C1=O. The molecule has 116 valence electrons. The zero-order valence-corrected chi connectivity index (χ0v) is 12.2. The maximum Gasteiger partial charge on any atom is 0.334 e. The Kier molecular flexibility index (Phi) is 3.65. The number of carbonyl (C=O) groups excluding carboxylic acids is 3. The molecular weight excluding hydrogens is 301 g/mol. The summed E-state index contributed by atoms with van der Waals surface area (Å²) >= 11 is 0. The molecule has 0 aliphatic carbocycles. The maximum absolute atomic E-state index is 12.8. The van der Waals surface area contributed by atoms with E-state index in [1.165, 1.54) is 31.2 Å². The van der Waals surface area contributed by atoms with E-state index in [9.17, 15) is 18.8 Å². The van der Waals surface area contributed by atoms with Gasteiger partial charge in [-0.15, -0.1) is 0 Å². The molecule has 0 fully saturated rings. The van der Waals surface area contributed by atoms with Gasteiger partial charge in [-0.2, -0.15) is 0 Å². The number of hydrogen-bond donors (Lipinski definition) is 0. The van der Waals surface area contributed by atoms with Crippen LogP contribution in [0.15, 0.2) is 48.5 Å². The number of ether oxygens (including phenoxy) is 1. The van der Waals surface area contributed by atoms with E-state index >= 15 is 0 Å². The highest BCUT2D eigenvalue weighted by Crippen LogP contribution is 2.25. The summed E-state index contributed by atoms with van der Waals surface area (Å²) in [6.07, 6.45) is 0. The van der Waals surface area contributed by atoms with Gasteiger partial charge in [0.1, 0.15) is 17.6 Å². The molecule has 1 aliphatic heterocycles. The lowest BCUT2D eigenvalue weighted by molar-refractivity contribution is -0.138. The predicted octanol–water partition coefficient (Wildman–Crippen LogP) is 2.42. The van der Waals surface area contributed by atoms with Crippen molar-refractivity contribution in [2.45, 2.75) is 13.0 Å². The van der Waals surface area contributed by atoms with Gasteiger partial charge in [-0.1, -0.05) is 12.1 Å². The standard InChI is InChI=1S/C17H12FNO4/c1-10(17(22)23-12-8-6-11(18)7-9-12)19-15(20)13-4-2-3-5-14(13)16(19)21/h2-10H,1H3/t10-/m1/s1. The molecule has 0 saturated carbocycles. The molecule has 6 heteroatoms. The summed E-state index contributed by atoms with van der Waals surface area (Å²) in [5.41, 5.74) is 0.526. The summed E-state index contributed by atoms with van der Waals surface area (Å²) in [7, 11) is 0. The van der Waals surface area contributed by atoms with Crippen LogP contribution in [0, 0.1) is 5.82 Å². The van der Waals surface area contributed by atoms with Crippen LogP contribution in [0.1, 0.15) is 27.6 Å². The second-order valence-corrected chi connectivity index (χ2v) is 5.08. The van der Waals surface area contributed by atoms with Crippen LogP contribution in [-0.2, 0) is 4.79 Å². The van der Waals surface area contributed by atoms with Crippen molar-refractivity contribution in [3.63, 3.8) is 0 Å². The van der Waals surface area contributed by atoms with Gasteiger partial charge in [0.25, 0.3) is 11.8 Å². The van der Waals surface area contributed by atoms with Crippen LogP contribution < -0.4 is 4.74 Å². The van der Waals surface area contributed by atoms with Crippen LogP contribution in [0.4, 0.5) is 4.39 Å². The summed E-state index contributed by atoms with van der Waals surface area (Å²) in [6.45, 7) is 1.41. The lowest BCUT2D eigenvalue weighted by Crippen LogP contribution is -2.44. The number of halogens is 1. The number of nitrogens with zero attached hydrogens (tertiary/aromatic N) is 1. The topological polar surface area (TPSA) is 63.7 Å². The van der Waals surface area contributed by atoms with Gasteiger partial charge in [0, 0.05) is 0 Å². The predicted molar refractivity (Wildman–Crippen MR) is 78.4 cm³/mol. The van der Waals surface area contributed by atoms with E-state index in [4.69, 9.17) is 4.74 Å². The largest absolute Gasteiger partial charge is 0.425 e. The van der Waals surface area contributed by atoms with E-state index in [0.29, 0.717) is 0 Å². The van der Waals surface area contributed by atoms with Gasteiger partial charge in [0.05, 0.1) is 11.1 Å². The first-order chi connectivity index (χ1) is 11.0. The third-order valence-corrected chi connectivity index (χ3v) is 3.59. The van der Waals surface area contributed by atoms with Gasteiger partial charge < -0.3 is 4.74 Å². The van der Waals surface area contributed by atoms with Gasteiger partial charge in [-0.05, 0) is 43.3 Å². The van der Waals surface area contributed by atoms with Crippen molar-refractivity contribution in [1.29, 1.82) is 0 Å². The lowest BCUT2D eigenvalue weighted by atomic mass is 10.1. The third-order valence-electron chi connectivity index (χ3n) is 3.59. The molecule has 1 heterocycles. The minimum absolute atomic E-state index is 0.139. The van der Waals surface area contributed by atoms with E-state index in [2.05, 4.69) is 0 Å². The molecule has 0 N–H and O–H groups in total. The number of imide groups is 1. The zero-order chi connectivity index (χ0) is 16.6. The highest BCUT2D eigenvalue weighted by Gasteiger charge is 2.41. The molecule has 0 aromatic heterocycles. The smallest absolute Gasteiger partial charge is 0.334 e. The molecular formula is C17H12FNO4. The van der Waals surface area contributed by atoms with Gasteiger partial charge in [0.2, 0.25) is 0 Å². The number of esters is 1. The number of benzene rings is 2. The molecule has 2 amide bonds. The second-order valence-electron chi connectivity index (χ2n) is 5.08. The van der Waals surface area contributed by atoms with Gasteiger partial charge >= 0.3 is 5.97 Å². The van der Waals surface area contributed by atoms with Crippen LogP contribution in [0.25, 0.3) is 0 Å². The number of rotatable bonds is 3. The fraction of sp³-hybridized carbons (Fsp3) is 0.118. The Labute approximate surface area is 131 Å². The Morgan fingerprint density at radius 1 is 1.00 bits per heavy atom. The van der Waals surface area contributed by atoms with Crippen molar-refractivity contribution in [3.05, 3.63) is 65.5 Å². The molecule has 3 rings (SSSR count). The molecule has 0 bridgehead atoms. The Morgan fingerprint density at radius 3 is 2.04 bits per heavy atom. The van der Waals surface area contributed by atoms with Crippen molar-refractivity contribution in [2.75, 3.05) is 0 Å². The summed E-state index contributed by atoms with van der Waals surface area (Å²) in [6, 6.07) is 10.2. The maximum atomic E-state index is 12.8. The van der Waals surface area contributed by atoms with Crippen molar-refractivity contribution >= 4 is 17.8 Å². The fourth-order valence-electron chi connectivity index (χ4n) is 2.37. The van der Waals surface area contributed by atoms with Crippen molar-refractivity contribution in [3.8, 4) is 5.75 Å². The average molecular weight is 313 g/mol. The van der Waals surface area contributed by atoms with Crippen molar-refractivity contribution in [2.24, 2.45) is 0 Å². The molecule has 2 aromatic carbocycles. The molecule has 1 atom stereocenters. The second kappa shape index (κ2) is 5.64. The van der Waals surface area contributed by atoms with Crippen molar-refractivity contribution in [1.82, 2.24) is 4.90 Å². The summed E-state index contributed by atoms with van der Waals surface area (Å²) in [5, 5.41) is 0. The van der Waals surface area contributed by atoms with E-state index < -0.39 is 29.6 Å². The van der Waals surface area contributed by atoms with Gasteiger partial charge in [-0.3, -0.25) is 14.5 Å². The van der Waals surface area contributed by atoms with Crippen LogP contribution in [0.2, 0.25) is 0 Å². The first-order valence-electron chi connectivity index (χ1n) is 6.93. The lowest BCUT2D eigenvalue weighted by Gasteiger charge is -2.20. The molecule has 0 saturated heterocycles. The van der Waals surface area contributed by atoms with E-state index in [0.717, 1.165) is 17.0 Å². The first kappa shape index (κ1) is 14.9. The normalized spacial score (nSPS) is 14.6. The molecule has 0 unspecified atom stereocenters. The Hall–Kier alpha value is -3.02. The van der Waals surface area contributed by atoms with E-state index in [1.54, 1.807) is 12.1 Å². The quantitative estimate of drug-likeness (QED) is 0.496. The van der Waals surface area contributed by atoms with Gasteiger partial charge in [0.15, 0.2) is 0 Å². The first-order valence-corrected chi connectivity index (χ1v) is 6.93. The van der Waals surface area contributed by atoms with E-state index in [-0.39, 0.29) is 16.9 Å². The minimum Gasteiger partial charge on any atom is -0.425 e. The molecule has 2 aromatic rings. The number of fused-ring (bicyclic) bond motifs is 1. The minimum atomic E-state index is -1.09. The summed E-state index contributed by atoms with van der Waals surface area (Å²) in [5.74, 6) is -2.16. The molecule has 1 aliphatic rings. The number of carbonyl (C=O) groups is 3. The highest BCUT2D eigenvalue weighted by molar-refractivity contribution is 6.22. The van der Waals surface area contributed by atoms with Crippen LogP contribution >= 0.6 is 0 Å². The summed E-state index contributed by atoms with van der Waals surface area (Å²) < 4.78 is 17.9. The summed E-state index contributed by atoms with van der Waals surface area (Å²) in [4.78, 5) is 37.6. The Morgan fingerprint density at radius 2 is 1.52 bits per heavy atom. The zero-order valence-electron chi connectivity index (χ0n) is 12.2. The number of amides is 2. The molecule has 5 nitrogen and oxygen atoms in total. The van der Waals surface area contributed by atoms with Crippen molar-refractivity contribution < 1.29 is 23.5 Å². The highest BCUT2D eigenvalue weighted by atomic mass is 19.1. The third kappa shape index (κ3) is 2.59. The molecule has 0 spiro atoms. The van der Waals surface area contributed by atoms with Crippen LogP contribution in [0.3, 0.4) is 0 Å². The van der Waals surface area contributed by atoms with E-state index in [1.807, 2.05) is 0 Å². The molecule has 0 radical (unpaired) electrons. The fourth-order valence-corrected chi connectivity index (χ4v) is 2.37. The van der Waals surface area contributed by atoms with Gasteiger partial charge in [-0.25, -0.2) is 9.18 Å². The monoisotopic (exact) mass is 313 g/mol. The Balaban J connectivity index is 1.79. The van der Waals surface area contributed by atoms with Crippen LogP contribution in [0.5, 0.6) is 5.75 Å². The molecule has 23 heavy (non-hydrogen) atoms.